The first-order valence-electron chi connectivity index (χ1n) is 13.1. The molecule has 3 heterocycles. The topological polar surface area (TPSA) is 105 Å². The summed E-state index contributed by atoms with van der Waals surface area (Å²) in [4.78, 5) is 34.0. The first kappa shape index (κ1) is 22.3. The molecule has 2 aromatic heterocycles. The number of aromatic nitrogens is 4. The Hall–Kier alpha value is -3.16. The molecule has 0 spiro atoms. The Morgan fingerprint density at radius 3 is 2.57 bits per heavy atom. The minimum Gasteiger partial charge on any atom is -0.356 e. The molecule has 8 nitrogen and oxygen atoms in total. The zero-order chi connectivity index (χ0) is 24.1. The molecule has 0 radical (unpaired) electrons. The van der Waals surface area contributed by atoms with Crippen LogP contribution in [0.5, 0.6) is 0 Å². The van der Waals surface area contributed by atoms with Crippen LogP contribution in [0.3, 0.4) is 0 Å². The normalized spacial score (nSPS) is 21.1. The number of hydrogen-bond donors (Lipinski definition) is 3. The van der Waals surface area contributed by atoms with Gasteiger partial charge >= 0.3 is 0 Å². The molecule has 3 aromatic rings. The van der Waals surface area contributed by atoms with E-state index in [9.17, 15) is 9.59 Å². The van der Waals surface area contributed by atoms with E-state index >= 15 is 0 Å². The van der Waals surface area contributed by atoms with Crippen LogP contribution in [-0.2, 0) is 11.2 Å². The highest BCUT2D eigenvalue weighted by Gasteiger charge is 2.47. The van der Waals surface area contributed by atoms with E-state index in [4.69, 9.17) is 4.98 Å². The largest absolute Gasteiger partial charge is 0.356 e. The van der Waals surface area contributed by atoms with Gasteiger partial charge in [-0.2, -0.15) is 5.10 Å². The lowest BCUT2D eigenvalue weighted by molar-refractivity contribution is -0.122. The Labute approximate surface area is 205 Å². The third-order valence-corrected chi connectivity index (χ3v) is 7.90. The molecule has 35 heavy (non-hydrogen) atoms. The van der Waals surface area contributed by atoms with Crippen LogP contribution in [0.25, 0.3) is 11.0 Å². The van der Waals surface area contributed by atoms with Gasteiger partial charge in [0, 0.05) is 24.7 Å². The summed E-state index contributed by atoms with van der Waals surface area (Å²) in [5.41, 5.74) is 3.59. The number of nitrogens with one attached hydrogen (secondary N) is 3. The van der Waals surface area contributed by atoms with E-state index in [0.29, 0.717) is 23.4 Å². The summed E-state index contributed by atoms with van der Waals surface area (Å²) in [6, 6.07) is 7.97. The maximum atomic E-state index is 13.4. The molecule has 8 heteroatoms. The van der Waals surface area contributed by atoms with Crippen LogP contribution in [0.2, 0.25) is 0 Å². The second-order valence-corrected chi connectivity index (χ2v) is 10.9. The number of nitrogens with zero attached hydrogens (tertiary/aromatic N) is 3. The second kappa shape index (κ2) is 8.81. The minimum absolute atomic E-state index is 0.0433. The molecule has 3 aliphatic rings. The number of imidazole rings is 1. The van der Waals surface area contributed by atoms with E-state index in [0.717, 1.165) is 41.8 Å². The van der Waals surface area contributed by atoms with Gasteiger partial charge in [-0.15, -0.1) is 0 Å². The van der Waals surface area contributed by atoms with E-state index in [2.05, 4.69) is 32.8 Å². The summed E-state index contributed by atoms with van der Waals surface area (Å²) < 4.78 is 1.78. The van der Waals surface area contributed by atoms with Crippen molar-refractivity contribution in [2.45, 2.75) is 64.5 Å². The van der Waals surface area contributed by atoms with E-state index in [1.165, 1.54) is 25.7 Å². The maximum absolute atomic E-state index is 13.4. The number of carbonyl (C=O) groups excluding carboxylic acids is 2. The van der Waals surface area contributed by atoms with Gasteiger partial charge in [-0.25, -0.2) is 4.98 Å². The third kappa shape index (κ3) is 4.46. The Morgan fingerprint density at radius 2 is 1.91 bits per heavy atom. The van der Waals surface area contributed by atoms with Crippen molar-refractivity contribution in [3.8, 4) is 0 Å². The lowest BCUT2D eigenvalue weighted by Gasteiger charge is -2.27. The standard InChI is InChI=1S/C27H34N6O2/c1-15(2)33-22(10-12-29-33)27(35)32-24(23(17-4-5-17)18-6-7-18)25-30-20-8-3-16(14-21(20)31-25)13-19-9-11-28-26(19)34/h3,8,10,12,14-15,17-19,23-24H,4-7,9,11,13H2,1-2H3,(H,28,34)(H,30,31)(H,32,35)/t19-,24+/m1/s1. The summed E-state index contributed by atoms with van der Waals surface area (Å²) in [5.74, 6) is 2.62. The average molecular weight is 475 g/mol. The smallest absolute Gasteiger partial charge is 0.270 e. The molecule has 2 amide bonds. The second-order valence-electron chi connectivity index (χ2n) is 10.9. The van der Waals surface area contributed by atoms with E-state index in [1.807, 2.05) is 19.9 Å². The third-order valence-electron chi connectivity index (χ3n) is 7.90. The predicted octanol–water partition coefficient (Wildman–Crippen LogP) is 3.93. The molecule has 0 unspecified atom stereocenters. The maximum Gasteiger partial charge on any atom is 0.270 e. The number of rotatable bonds is 9. The van der Waals surface area contributed by atoms with Gasteiger partial charge in [-0.05, 0) is 93.9 Å². The molecule has 6 rings (SSSR count). The zero-order valence-corrected chi connectivity index (χ0v) is 20.5. The van der Waals surface area contributed by atoms with Crippen molar-refractivity contribution >= 4 is 22.8 Å². The molecular formula is C27H34N6O2. The Balaban J connectivity index is 1.31. The minimum atomic E-state index is -0.158. The SMILES string of the molecule is CC(C)n1nccc1C(=O)N[C@H](c1nc2ccc(C[C@H]3CCNC3=O)cc2[nH]1)C(C1CC1)C1CC1. The molecule has 0 bridgehead atoms. The van der Waals surface area contributed by atoms with Crippen molar-refractivity contribution in [3.05, 3.63) is 47.5 Å². The number of fused-ring (bicyclic) bond motifs is 1. The molecule has 1 aliphatic heterocycles. The van der Waals surface area contributed by atoms with Gasteiger partial charge in [-0.1, -0.05) is 6.07 Å². The van der Waals surface area contributed by atoms with Crippen molar-refractivity contribution in [1.82, 2.24) is 30.4 Å². The van der Waals surface area contributed by atoms with E-state index in [1.54, 1.807) is 16.9 Å². The van der Waals surface area contributed by atoms with Crippen molar-refractivity contribution < 1.29 is 9.59 Å². The zero-order valence-electron chi connectivity index (χ0n) is 20.5. The molecule has 2 atom stereocenters. The van der Waals surface area contributed by atoms with Gasteiger partial charge in [0.1, 0.15) is 11.5 Å². The number of benzene rings is 1. The van der Waals surface area contributed by atoms with Crippen LogP contribution in [0, 0.1) is 23.7 Å². The van der Waals surface area contributed by atoms with Crippen LogP contribution < -0.4 is 10.6 Å². The summed E-state index contributed by atoms with van der Waals surface area (Å²) in [6.45, 7) is 4.83. The molecule has 184 valence electrons. The van der Waals surface area contributed by atoms with Crippen LogP contribution in [0.15, 0.2) is 30.5 Å². The summed E-state index contributed by atoms with van der Waals surface area (Å²) in [7, 11) is 0. The van der Waals surface area contributed by atoms with Crippen LogP contribution in [0.4, 0.5) is 0 Å². The lowest BCUT2D eigenvalue weighted by Crippen LogP contribution is -2.37. The Kier molecular flexibility index (Phi) is 5.61. The van der Waals surface area contributed by atoms with Gasteiger partial charge in [0.2, 0.25) is 5.91 Å². The number of amides is 2. The number of H-pyrrole nitrogens is 1. The highest BCUT2D eigenvalue weighted by molar-refractivity contribution is 5.93. The fraction of sp³-hybridized carbons (Fsp3) is 0.556. The van der Waals surface area contributed by atoms with Crippen LogP contribution in [-0.4, -0.2) is 38.1 Å². The van der Waals surface area contributed by atoms with E-state index in [-0.39, 0.29) is 29.8 Å². The van der Waals surface area contributed by atoms with E-state index < -0.39 is 0 Å². The van der Waals surface area contributed by atoms with Gasteiger partial charge in [-0.3, -0.25) is 14.3 Å². The monoisotopic (exact) mass is 474 g/mol. The first-order valence-corrected chi connectivity index (χ1v) is 13.1. The van der Waals surface area contributed by atoms with Crippen LogP contribution >= 0.6 is 0 Å². The van der Waals surface area contributed by atoms with Gasteiger partial charge < -0.3 is 15.6 Å². The number of hydrogen-bond acceptors (Lipinski definition) is 4. The molecule has 3 fully saturated rings. The first-order chi connectivity index (χ1) is 17.0. The number of carbonyl (C=O) groups is 2. The Bertz CT molecular complexity index is 1240. The predicted molar refractivity (Wildman–Crippen MR) is 133 cm³/mol. The van der Waals surface area contributed by atoms with Crippen molar-refractivity contribution in [1.29, 1.82) is 0 Å². The van der Waals surface area contributed by atoms with Gasteiger partial charge in [0.25, 0.3) is 5.91 Å². The fourth-order valence-corrected chi connectivity index (χ4v) is 5.83. The molecule has 3 N–H and O–H groups in total. The van der Waals surface area contributed by atoms with Gasteiger partial charge in [0.15, 0.2) is 0 Å². The Morgan fingerprint density at radius 1 is 1.14 bits per heavy atom. The van der Waals surface area contributed by atoms with Crippen molar-refractivity contribution in [3.63, 3.8) is 0 Å². The molecule has 2 saturated carbocycles. The van der Waals surface area contributed by atoms with Crippen molar-refractivity contribution in [2.75, 3.05) is 6.54 Å². The quantitative estimate of drug-likeness (QED) is 0.437. The summed E-state index contributed by atoms with van der Waals surface area (Å²) in [5, 5.41) is 10.6. The molecule has 2 aliphatic carbocycles. The lowest BCUT2D eigenvalue weighted by atomic mass is 9.88. The van der Waals surface area contributed by atoms with Crippen molar-refractivity contribution in [2.24, 2.45) is 23.7 Å². The highest BCUT2D eigenvalue weighted by Crippen LogP contribution is 2.54. The molecular weight excluding hydrogens is 440 g/mol. The van der Waals surface area contributed by atoms with Gasteiger partial charge in [0.05, 0.1) is 17.1 Å². The summed E-state index contributed by atoms with van der Waals surface area (Å²) in [6.07, 6.45) is 8.22. The number of aromatic amines is 1. The highest BCUT2D eigenvalue weighted by atomic mass is 16.2. The fourth-order valence-electron chi connectivity index (χ4n) is 5.83. The van der Waals surface area contributed by atoms with Crippen LogP contribution in [0.1, 0.15) is 79.9 Å². The summed E-state index contributed by atoms with van der Waals surface area (Å²) >= 11 is 0. The molecule has 1 aromatic carbocycles. The average Bonchev–Trinajstić information content (AvgIpc) is 3.71. The molecule has 1 saturated heterocycles.